The molecule has 0 unspecified atom stereocenters. The van der Waals surface area contributed by atoms with Gasteiger partial charge in [-0.3, -0.25) is 9.48 Å². The summed E-state index contributed by atoms with van der Waals surface area (Å²) in [5, 5.41) is 7.59. The van der Waals surface area contributed by atoms with E-state index in [1.165, 1.54) is 11.3 Å². The predicted octanol–water partition coefficient (Wildman–Crippen LogP) is 0.300. The highest BCUT2D eigenvalue weighted by molar-refractivity contribution is 7.90. The lowest BCUT2D eigenvalue weighted by Gasteiger charge is -2.03. The lowest BCUT2D eigenvalue weighted by Crippen LogP contribution is -2.28. The molecule has 9 heteroatoms. The van der Waals surface area contributed by atoms with Gasteiger partial charge in [-0.15, -0.1) is 11.3 Å². The van der Waals surface area contributed by atoms with E-state index >= 15 is 0 Å². The topological polar surface area (TPSA) is 107 Å². The summed E-state index contributed by atoms with van der Waals surface area (Å²) < 4.78 is 23.7. The zero-order valence-corrected chi connectivity index (χ0v) is 13.1. The molecule has 0 aliphatic rings. The van der Waals surface area contributed by atoms with E-state index in [1.807, 2.05) is 6.92 Å². The molecular weight excluding hydrogens is 300 g/mol. The summed E-state index contributed by atoms with van der Waals surface area (Å²) >= 11 is 1.25. The Bertz CT molecular complexity index is 773. The van der Waals surface area contributed by atoms with Crippen LogP contribution in [0, 0.1) is 6.92 Å². The van der Waals surface area contributed by atoms with Gasteiger partial charge >= 0.3 is 0 Å². The molecule has 0 bridgehead atoms. The molecule has 2 rings (SSSR count). The van der Waals surface area contributed by atoms with Crippen molar-refractivity contribution in [1.29, 1.82) is 0 Å². The number of nitrogens with two attached hydrogens (primary N) is 1. The number of anilines is 1. The van der Waals surface area contributed by atoms with E-state index in [0.29, 0.717) is 10.6 Å². The maximum Gasteiger partial charge on any atom is 0.263 e. The van der Waals surface area contributed by atoms with Crippen molar-refractivity contribution in [2.24, 2.45) is 7.05 Å². The Hall–Kier alpha value is -1.61. The molecule has 2 aromatic rings. The molecule has 20 heavy (non-hydrogen) atoms. The number of rotatable bonds is 4. The number of amides is 1. The first-order chi connectivity index (χ1) is 9.20. The molecule has 2 heterocycles. The third kappa shape index (κ3) is 2.78. The van der Waals surface area contributed by atoms with Crippen LogP contribution in [0.4, 0.5) is 5.69 Å². The van der Waals surface area contributed by atoms with E-state index in [9.17, 15) is 13.2 Å². The van der Waals surface area contributed by atoms with Crippen molar-refractivity contribution < 1.29 is 13.2 Å². The smallest absolute Gasteiger partial charge is 0.263 e. The van der Waals surface area contributed by atoms with Crippen molar-refractivity contribution in [3.63, 3.8) is 0 Å². The van der Waals surface area contributed by atoms with Gasteiger partial charge in [0.25, 0.3) is 5.91 Å². The van der Waals surface area contributed by atoms with Crippen molar-refractivity contribution in [1.82, 2.24) is 15.1 Å². The summed E-state index contributed by atoms with van der Waals surface area (Å²) in [4.78, 5) is 13.3. The molecular formula is C11H16N4O3S2. The van der Waals surface area contributed by atoms with Crippen LogP contribution in [-0.4, -0.2) is 42.7 Å². The Morgan fingerprint density at radius 2 is 2.15 bits per heavy atom. The second kappa shape index (κ2) is 5.06. The normalized spacial score (nSPS) is 11.9. The van der Waals surface area contributed by atoms with Gasteiger partial charge in [-0.05, 0) is 6.92 Å². The van der Waals surface area contributed by atoms with Gasteiger partial charge in [0, 0.05) is 19.8 Å². The molecule has 1 amide bonds. The highest BCUT2D eigenvalue weighted by atomic mass is 32.2. The van der Waals surface area contributed by atoms with Crippen molar-refractivity contribution in [2.45, 2.75) is 6.92 Å². The Kier molecular flexibility index (Phi) is 3.74. The van der Waals surface area contributed by atoms with Gasteiger partial charge in [0.2, 0.25) is 0 Å². The molecule has 0 fully saturated rings. The average molecular weight is 316 g/mol. The highest BCUT2D eigenvalue weighted by Crippen LogP contribution is 2.35. The molecule has 3 N–H and O–H groups in total. The second-order valence-corrected chi connectivity index (χ2v) is 7.88. The Morgan fingerprint density at radius 1 is 1.50 bits per heavy atom. The minimum Gasteiger partial charge on any atom is -0.397 e. The number of nitrogen functional groups attached to an aromatic ring is 1. The first kappa shape index (κ1) is 14.8. The number of nitrogens with one attached hydrogen (secondary N) is 1. The molecule has 0 atom stereocenters. The van der Waals surface area contributed by atoms with Crippen LogP contribution in [-0.2, 0) is 16.9 Å². The van der Waals surface area contributed by atoms with E-state index in [0.717, 1.165) is 22.2 Å². The van der Waals surface area contributed by atoms with Gasteiger partial charge in [0.1, 0.15) is 19.5 Å². The quantitative estimate of drug-likeness (QED) is 0.843. The standard InChI is InChI=1S/C11H16N4O3S2/c1-6-7-8(12)9(19-11(7)15(2)14-6)10(16)13-4-5-20(3,17)18/h4-5,12H2,1-3H3,(H,13,16). The van der Waals surface area contributed by atoms with Crippen LogP contribution in [0.15, 0.2) is 0 Å². The van der Waals surface area contributed by atoms with Crippen LogP contribution in [0.2, 0.25) is 0 Å². The van der Waals surface area contributed by atoms with Crippen LogP contribution in [0.3, 0.4) is 0 Å². The van der Waals surface area contributed by atoms with Crippen molar-refractivity contribution in [3.8, 4) is 0 Å². The van der Waals surface area contributed by atoms with Gasteiger partial charge in [-0.25, -0.2) is 8.42 Å². The van der Waals surface area contributed by atoms with Gasteiger partial charge in [-0.2, -0.15) is 5.10 Å². The van der Waals surface area contributed by atoms with Crippen molar-refractivity contribution >= 4 is 43.0 Å². The Labute approximate surface area is 120 Å². The van der Waals surface area contributed by atoms with Crippen LogP contribution in [0.1, 0.15) is 15.4 Å². The van der Waals surface area contributed by atoms with E-state index in [-0.39, 0.29) is 18.2 Å². The third-order valence-electron chi connectivity index (χ3n) is 2.85. The third-order valence-corrected chi connectivity index (χ3v) is 5.06. The number of thiophene rings is 1. The number of nitrogens with zero attached hydrogens (tertiary/aromatic N) is 2. The summed E-state index contributed by atoms with van der Waals surface area (Å²) in [5.74, 6) is -0.448. The zero-order valence-electron chi connectivity index (χ0n) is 11.4. The monoisotopic (exact) mass is 316 g/mol. The molecule has 0 spiro atoms. The van der Waals surface area contributed by atoms with Crippen LogP contribution >= 0.6 is 11.3 Å². The summed E-state index contributed by atoms with van der Waals surface area (Å²) in [7, 11) is -1.31. The molecule has 0 aromatic carbocycles. The second-order valence-electron chi connectivity index (χ2n) is 4.62. The fraction of sp³-hybridized carbons (Fsp3) is 0.455. The van der Waals surface area contributed by atoms with Gasteiger partial charge in [-0.1, -0.05) is 0 Å². The Balaban J connectivity index is 2.23. The fourth-order valence-electron chi connectivity index (χ4n) is 1.93. The van der Waals surface area contributed by atoms with E-state index in [4.69, 9.17) is 5.73 Å². The van der Waals surface area contributed by atoms with E-state index in [1.54, 1.807) is 11.7 Å². The van der Waals surface area contributed by atoms with Gasteiger partial charge in [0.05, 0.1) is 22.5 Å². The lowest BCUT2D eigenvalue weighted by atomic mass is 10.2. The van der Waals surface area contributed by atoms with Crippen LogP contribution < -0.4 is 11.1 Å². The summed E-state index contributed by atoms with van der Waals surface area (Å²) in [6.07, 6.45) is 1.13. The van der Waals surface area contributed by atoms with Crippen molar-refractivity contribution in [3.05, 3.63) is 10.6 Å². The summed E-state index contributed by atoms with van der Waals surface area (Å²) in [5.41, 5.74) is 7.16. The molecule has 0 saturated heterocycles. The number of sulfone groups is 1. The SMILES string of the molecule is Cc1nn(C)c2sc(C(=O)NCCS(C)(=O)=O)c(N)c12. The number of aryl methyl sites for hydroxylation is 2. The molecule has 2 aromatic heterocycles. The number of carbonyl (C=O) groups is 1. The van der Waals surface area contributed by atoms with Crippen LogP contribution in [0.25, 0.3) is 10.2 Å². The minimum atomic E-state index is -3.10. The molecule has 0 aliphatic carbocycles. The maximum absolute atomic E-state index is 12.0. The molecule has 7 nitrogen and oxygen atoms in total. The van der Waals surface area contributed by atoms with Crippen LogP contribution in [0.5, 0.6) is 0 Å². The highest BCUT2D eigenvalue weighted by Gasteiger charge is 2.20. The molecule has 110 valence electrons. The van der Waals surface area contributed by atoms with Gasteiger partial charge < -0.3 is 11.1 Å². The van der Waals surface area contributed by atoms with E-state index in [2.05, 4.69) is 10.4 Å². The number of hydrogen-bond acceptors (Lipinski definition) is 6. The van der Waals surface area contributed by atoms with Gasteiger partial charge in [0.15, 0.2) is 0 Å². The number of aromatic nitrogens is 2. The predicted molar refractivity (Wildman–Crippen MR) is 79.8 cm³/mol. The summed E-state index contributed by atoms with van der Waals surface area (Å²) in [6.45, 7) is 1.90. The number of fused-ring (bicyclic) bond motifs is 1. The molecule has 0 saturated carbocycles. The summed E-state index contributed by atoms with van der Waals surface area (Å²) in [6, 6.07) is 0. The number of hydrogen-bond donors (Lipinski definition) is 2. The zero-order chi connectivity index (χ0) is 15.1. The minimum absolute atomic E-state index is 0.0720. The van der Waals surface area contributed by atoms with Crippen molar-refractivity contribution in [2.75, 3.05) is 24.3 Å². The van der Waals surface area contributed by atoms with E-state index < -0.39 is 9.84 Å². The average Bonchev–Trinajstić information content (AvgIpc) is 2.77. The fourth-order valence-corrected chi connectivity index (χ4v) is 3.50. The first-order valence-electron chi connectivity index (χ1n) is 5.88. The maximum atomic E-state index is 12.0. The first-order valence-corrected chi connectivity index (χ1v) is 8.76. The molecule has 0 aliphatic heterocycles. The Morgan fingerprint density at radius 3 is 2.70 bits per heavy atom. The number of carbonyl (C=O) groups excluding carboxylic acids is 1. The molecule has 0 radical (unpaired) electrons. The largest absolute Gasteiger partial charge is 0.397 e. The lowest BCUT2D eigenvalue weighted by molar-refractivity contribution is 0.0961.